The molecule has 0 bridgehead atoms. The minimum absolute atomic E-state index is 0.00444. The second-order valence-corrected chi connectivity index (χ2v) is 5.26. The van der Waals surface area contributed by atoms with Crippen molar-refractivity contribution in [1.82, 2.24) is 4.98 Å². The van der Waals surface area contributed by atoms with Gasteiger partial charge in [-0.05, 0) is 34.1 Å². The summed E-state index contributed by atoms with van der Waals surface area (Å²) in [6.07, 6.45) is 0.989. The third-order valence-electron chi connectivity index (χ3n) is 2.58. The van der Waals surface area contributed by atoms with Crippen LogP contribution in [0.15, 0.2) is 28.9 Å². The molecule has 4 nitrogen and oxygen atoms in total. The van der Waals surface area contributed by atoms with Crippen LogP contribution in [0.5, 0.6) is 0 Å². The Balaban J connectivity index is 2.37. The molecule has 0 aliphatic heterocycles. The molecule has 0 fully saturated rings. The number of nitrogens with one attached hydrogen (secondary N) is 2. The standard InChI is InChI=1S/C13H9BrClF2N3O/c1-18-12-8(2-7(17)5-19-12)13(21)20-11-9(14)3-6(16)4-10(11)15/h2-5H,1H3,(H,18,19)(H,20,21). The summed E-state index contributed by atoms with van der Waals surface area (Å²) in [5, 5.41) is 5.20. The number of benzene rings is 1. The molecule has 8 heteroatoms. The second-order valence-electron chi connectivity index (χ2n) is 4.00. The summed E-state index contributed by atoms with van der Waals surface area (Å²) in [6.45, 7) is 0. The molecular formula is C13H9BrClF2N3O. The molecule has 0 aliphatic carbocycles. The predicted molar refractivity (Wildman–Crippen MR) is 80.8 cm³/mol. The number of carbonyl (C=O) groups is 1. The van der Waals surface area contributed by atoms with E-state index in [2.05, 4.69) is 31.5 Å². The number of anilines is 2. The van der Waals surface area contributed by atoms with Crippen molar-refractivity contribution in [1.29, 1.82) is 0 Å². The molecule has 1 aromatic heterocycles. The zero-order chi connectivity index (χ0) is 15.6. The molecule has 1 aromatic carbocycles. The van der Waals surface area contributed by atoms with Gasteiger partial charge in [-0.2, -0.15) is 0 Å². The molecule has 2 N–H and O–H groups in total. The lowest BCUT2D eigenvalue weighted by molar-refractivity contribution is 0.102. The maximum Gasteiger partial charge on any atom is 0.259 e. The fourth-order valence-electron chi connectivity index (χ4n) is 1.65. The zero-order valence-electron chi connectivity index (χ0n) is 10.7. The van der Waals surface area contributed by atoms with Crippen molar-refractivity contribution >= 4 is 44.9 Å². The number of amides is 1. The Kier molecular flexibility index (Phi) is 4.74. The third-order valence-corrected chi connectivity index (χ3v) is 3.50. The Labute approximate surface area is 132 Å². The van der Waals surface area contributed by atoms with Crippen LogP contribution in [-0.2, 0) is 0 Å². The minimum atomic E-state index is -0.650. The summed E-state index contributed by atoms with van der Waals surface area (Å²) in [5.74, 6) is -1.61. The first-order chi connectivity index (χ1) is 9.92. The lowest BCUT2D eigenvalue weighted by Gasteiger charge is -2.12. The van der Waals surface area contributed by atoms with E-state index in [1.165, 1.54) is 0 Å². The molecule has 2 rings (SSSR count). The highest BCUT2D eigenvalue weighted by Crippen LogP contribution is 2.32. The highest BCUT2D eigenvalue weighted by atomic mass is 79.9. The molecule has 2 aromatic rings. The second kappa shape index (κ2) is 6.36. The van der Waals surface area contributed by atoms with Gasteiger partial charge in [-0.15, -0.1) is 0 Å². The summed E-state index contributed by atoms with van der Waals surface area (Å²) in [4.78, 5) is 16.0. The van der Waals surface area contributed by atoms with Gasteiger partial charge in [0.05, 0.1) is 22.5 Å². The third kappa shape index (κ3) is 3.48. The Morgan fingerprint density at radius 1 is 1.29 bits per heavy atom. The molecule has 21 heavy (non-hydrogen) atoms. The van der Waals surface area contributed by atoms with Crippen molar-refractivity contribution in [3.05, 3.63) is 51.1 Å². The minimum Gasteiger partial charge on any atom is -0.372 e. The SMILES string of the molecule is CNc1ncc(F)cc1C(=O)Nc1c(Cl)cc(F)cc1Br. The maximum atomic E-state index is 13.2. The molecule has 0 radical (unpaired) electrons. The average molecular weight is 377 g/mol. The van der Waals surface area contributed by atoms with Crippen LogP contribution in [0.2, 0.25) is 5.02 Å². The van der Waals surface area contributed by atoms with Crippen LogP contribution in [0.4, 0.5) is 20.3 Å². The number of nitrogens with zero attached hydrogens (tertiary/aromatic N) is 1. The van der Waals surface area contributed by atoms with Gasteiger partial charge in [-0.25, -0.2) is 13.8 Å². The van der Waals surface area contributed by atoms with Crippen molar-refractivity contribution in [2.75, 3.05) is 17.7 Å². The highest BCUT2D eigenvalue weighted by molar-refractivity contribution is 9.10. The molecule has 0 spiro atoms. The largest absolute Gasteiger partial charge is 0.372 e. The van der Waals surface area contributed by atoms with E-state index >= 15 is 0 Å². The van der Waals surface area contributed by atoms with Crippen LogP contribution in [0.1, 0.15) is 10.4 Å². The smallest absolute Gasteiger partial charge is 0.259 e. The number of halogens is 4. The van der Waals surface area contributed by atoms with Crippen molar-refractivity contribution in [3.63, 3.8) is 0 Å². The summed E-state index contributed by atoms with van der Waals surface area (Å²) < 4.78 is 26.7. The van der Waals surface area contributed by atoms with Crippen molar-refractivity contribution < 1.29 is 13.6 Å². The van der Waals surface area contributed by atoms with E-state index in [4.69, 9.17) is 11.6 Å². The van der Waals surface area contributed by atoms with Gasteiger partial charge in [0, 0.05) is 11.5 Å². The van der Waals surface area contributed by atoms with Crippen molar-refractivity contribution in [2.45, 2.75) is 0 Å². The number of carbonyl (C=O) groups excluding carboxylic acids is 1. The summed E-state index contributed by atoms with van der Waals surface area (Å²) in [7, 11) is 1.55. The Bertz CT molecular complexity index is 689. The number of aromatic nitrogens is 1. The Morgan fingerprint density at radius 3 is 2.62 bits per heavy atom. The fourth-order valence-corrected chi connectivity index (χ4v) is 2.55. The monoisotopic (exact) mass is 375 g/mol. The number of pyridine rings is 1. The summed E-state index contributed by atoms with van der Waals surface area (Å²) in [5.41, 5.74) is 0.194. The lowest BCUT2D eigenvalue weighted by Crippen LogP contribution is -2.16. The first kappa shape index (κ1) is 15.7. The first-order valence-corrected chi connectivity index (χ1v) is 6.88. The van der Waals surface area contributed by atoms with Crippen LogP contribution in [0.25, 0.3) is 0 Å². The molecule has 0 saturated carbocycles. The van der Waals surface area contributed by atoms with Gasteiger partial charge in [0.15, 0.2) is 0 Å². The van der Waals surface area contributed by atoms with Gasteiger partial charge in [0.1, 0.15) is 17.5 Å². The van der Waals surface area contributed by atoms with E-state index in [-0.39, 0.29) is 26.6 Å². The number of hydrogen-bond donors (Lipinski definition) is 2. The maximum absolute atomic E-state index is 13.2. The van der Waals surface area contributed by atoms with E-state index in [0.29, 0.717) is 0 Å². The van der Waals surface area contributed by atoms with Gasteiger partial charge < -0.3 is 10.6 Å². The van der Waals surface area contributed by atoms with E-state index in [0.717, 1.165) is 24.4 Å². The predicted octanol–water partition coefficient (Wildman–Crippen LogP) is 4.07. The van der Waals surface area contributed by atoms with E-state index < -0.39 is 17.5 Å². The molecule has 0 unspecified atom stereocenters. The van der Waals surface area contributed by atoms with Crippen LogP contribution in [0, 0.1) is 11.6 Å². The molecule has 0 saturated heterocycles. The van der Waals surface area contributed by atoms with Crippen LogP contribution >= 0.6 is 27.5 Å². The van der Waals surface area contributed by atoms with Gasteiger partial charge in [0.2, 0.25) is 0 Å². The van der Waals surface area contributed by atoms with Crippen molar-refractivity contribution in [2.24, 2.45) is 0 Å². The zero-order valence-corrected chi connectivity index (χ0v) is 13.0. The molecular weight excluding hydrogens is 368 g/mol. The van der Waals surface area contributed by atoms with Crippen LogP contribution < -0.4 is 10.6 Å². The summed E-state index contributed by atoms with van der Waals surface area (Å²) in [6, 6.07) is 3.26. The molecule has 1 amide bonds. The van der Waals surface area contributed by atoms with Gasteiger partial charge >= 0.3 is 0 Å². The number of hydrogen-bond acceptors (Lipinski definition) is 3. The normalized spacial score (nSPS) is 10.3. The van der Waals surface area contributed by atoms with E-state index in [1.54, 1.807) is 7.05 Å². The van der Waals surface area contributed by atoms with Gasteiger partial charge in [-0.1, -0.05) is 11.6 Å². The average Bonchev–Trinajstić information content (AvgIpc) is 2.42. The Hall–Kier alpha value is -1.73. The van der Waals surface area contributed by atoms with Crippen LogP contribution in [-0.4, -0.2) is 17.9 Å². The molecule has 110 valence electrons. The van der Waals surface area contributed by atoms with Gasteiger partial charge in [0.25, 0.3) is 5.91 Å². The van der Waals surface area contributed by atoms with E-state index in [1.807, 2.05) is 0 Å². The topological polar surface area (TPSA) is 54.0 Å². The van der Waals surface area contributed by atoms with Crippen LogP contribution in [0.3, 0.4) is 0 Å². The van der Waals surface area contributed by atoms with Crippen molar-refractivity contribution in [3.8, 4) is 0 Å². The molecule has 1 heterocycles. The van der Waals surface area contributed by atoms with E-state index in [9.17, 15) is 13.6 Å². The fraction of sp³-hybridized carbons (Fsp3) is 0.0769. The summed E-state index contributed by atoms with van der Waals surface area (Å²) >= 11 is 8.99. The van der Waals surface area contributed by atoms with Gasteiger partial charge in [-0.3, -0.25) is 4.79 Å². The highest BCUT2D eigenvalue weighted by Gasteiger charge is 2.17. The molecule has 0 aliphatic rings. The Morgan fingerprint density at radius 2 is 2.00 bits per heavy atom. The number of rotatable bonds is 3. The first-order valence-electron chi connectivity index (χ1n) is 5.71. The molecule has 0 atom stereocenters. The lowest BCUT2D eigenvalue weighted by atomic mass is 10.2. The quantitative estimate of drug-likeness (QED) is 0.849.